The van der Waals surface area contributed by atoms with E-state index in [2.05, 4.69) is 25.5 Å². The van der Waals surface area contributed by atoms with Crippen LogP contribution in [0.15, 0.2) is 28.1 Å². The Bertz CT molecular complexity index is 938. The molecule has 0 bridgehead atoms. The van der Waals surface area contributed by atoms with E-state index < -0.39 is 5.91 Å². The van der Waals surface area contributed by atoms with Crippen LogP contribution in [0.5, 0.6) is 5.88 Å². The molecule has 0 unspecified atom stereocenters. The highest BCUT2D eigenvalue weighted by atomic mass is 32.1. The second-order valence-corrected chi connectivity index (χ2v) is 6.65. The molecule has 1 fully saturated rings. The molecule has 0 radical (unpaired) electrons. The normalized spacial score (nSPS) is 14.1. The summed E-state index contributed by atoms with van der Waals surface area (Å²) in [4.78, 5) is 23.8. The lowest BCUT2D eigenvalue weighted by molar-refractivity contribution is 0.0777. The first-order valence-corrected chi connectivity index (χ1v) is 8.93. The fourth-order valence-corrected chi connectivity index (χ4v) is 3.15. The Morgan fingerprint density at radius 1 is 1.37 bits per heavy atom. The van der Waals surface area contributed by atoms with Crippen LogP contribution in [-0.4, -0.2) is 59.5 Å². The number of ether oxygens (including phenoxy) is 2. The third-order valence-electron chi connectivity index (χ3n) is 4.02. The lowest BCUT2D eigenvalue weighted by Gasteiger charge is -2.38. The van der Waals surface area contributed by atoms with Gasteiger partial charge in [-0.25, -0.2) is 4.98 Å². The number of carbonyl (C=O) groups excluding carboxylic acids is 1. The second kappa shape index (κ2) is 7.29. The summed E-state index contributed by atoms with van der Waals surface area (Å²) in [5, 5.41) is 12.2. The third-order valence-corrected chi connectivity index (χ3v) is 4.88. The Labute approximate surface area is 158 Å². The number of hydrogen-bond donors (Lipinski definition) is 1. The average Bonchev–Trinajstić information content (AvgIpc) is 3.32. The van der Waals surface area contributed by atoms with Crippen LogP contribution in [0.2, 0.25) is 0 Å². The molecular formula is C16H16N6O4S. The lowest BCUT2D eigenvalue weighted by atomic mass is 10.2. The Morgan fingerprint density at radius 3 is 2.93 bits per heavy atom. The van der Waals surface area contributed by atoms with E-state index in [9.17, 15) is 4.79 Å². The van der Waals surface area contributed by atoms with E-state index in [4.69, 9.17) is 13.9 Å². The number of hydrogen-bond acceptors (Lipinski definition) is 10. The number of carbonyl (C=O) groups is 1. The van der Waals surface area contributed by atoms with E-state index in [1.807, 2.05) is 22.4 Å². The molecule has 27 heavy (non-hydrogen) atoms. The first-order valence-electron chi connectivity index (χ1n) is 8.05. The predicted molar refractivity (Wildman–Crippen MR) is 97.2 cm³/mol. The maximum atomic E-state index is 12.5. The second-order valence-electron chi connectivity index (χ2n) is 5.70. The number of nitrogens with one attached hydrogen (secondary N) is 1. The fraction of sp³-hybridized carbons (Fsp3) is 0.312. The third kappa shape index (κ3) is 3.46. The van der Waals surface area contributed by atoms with Gasteiger partial charge in [0.15, 0.2) is 0 Å². The SMILES string of the molecule is COc1nc(N2CC(OC)C2)ncc1C(=O)Nc1nnc(-c2cccs2)o1. The molecule has 0 spiro atoms. The molecule has 3 aromatic rings. The van der Waals surface area contributed by atoms with Crippen molar-refractivity contribution in [3.8, 4) is 16.6 Å². The predicted octanol–water partition coefficient (Wildman–Crippen LogP) is 1.68. The molecule has 4 heterocycles. The molecule has 140 valence electrons. The van der Waals surface area contributed by atoms with Crippen LogP contribution in [-0.2, 0) is 4.74 Å². The van der Waals surface area contributed by atoms with Crippen molar-refractivity contribution in [2.45, 2.75) is 6.10 Å². The van der Waals surface area contributed by atoms with Crippen LogP contribution in [0.4, 0.5) is 12.0 Å². The molecule has 1 saturated heterocycles. The van der Waals surface area contributed by atoms with Crippen LogP contribution < -0.4 is 15.0 Å². The smallest absolute Gasteiger partial charge is 0.322 e. The molecule has 1 aliphatic rings. The highest BCUT2D eigenvalue weighted by Gasteiger charge is 2.29. The van der Waals surface area contributed by atoms with Crippen LogP contribution in [0.3, 0.4) is 0 Å². The molecule has 1 amide bonds. The van der Waals surface area contributed by atoms with Crippen LogP contribution >= 0.6 is 11.3 Å². The summed E-state index contributed by atoms with van der Waals surface area (Å²) in [6.45, 7) is 1.39. The van der Waals surface area contributed by atoms with E-state index in [1.165, 1.54) is 24.6 Å². The van der Waals surface area contributed by atoms with Gasteiger partial charge in [-0.1, -0.05) is 11.2 Å². The summed E-state index contributed by atoms with van der Waals surface area (Å²) >= 11 is 1.46. The molecule has 4 rings (SSSR count). The van der Waals surface area contributed by atoms with Gasteiger partial charge in [-0.05, 0) is 11.4 Å². The highest BCUT2D eigenvalue weighted by Crippen LogP contribution is 2.26. The fourth-order valence-electron chi connectivity index (χ4n) is 2.51. The number of methoxy groups -OCH3 is 2. The Morgan fingerprint density at radius 2 is 2.22 bits per heavy atom. The first-order chi connectivity index (χ1) is 13.2. The zero-order valence-corrected chi connectivity index (χ0v) is 15.4. The van der Waals surface area contributed by atoms with Gasteiger partial charge in [0, 0.05) is 26.4 Å². The minimum atomic E-state index is -0.502. The van der Waals surface area contributed by atoms with E-state index in [0.29, 0.717) is 24.9 Å². The van der Waals surface area contributed by atoms with Crippen molar-refractivity contribution in [2.75, 3.05) is 37.5 Å². The molecule has 11 heteroatoms. The maximum Gasteiger partial charge on any atom is 0.322 e. The zero-order valence-electron chi connectivity index (χ0n) is 14.6. The number of rotatable bonds is 6. The van der Waals surface area contributed by atoms with Crippen molar-refractivity contribution in [1.29, 1.82) is 0 Å². The summed E-state index contributed by atoms with van der Waals surface area (Å²) in [5.41, 5.74) is 0.168. The minimum absolute atomic E-state index is 0.0137. The van der Waals surface area contributed by atoms with Gasteiger partial charge in [0.25, 0.3) is 11.8 Å². The summed E-state index contributed by atoms with van der Waals surface area (Å²) in [6.07, 6.45) is 1.57. The van der Waals surface area contributed by atoms with E-state index in [0.717, 1.165) is 4.88 Å². The summed E-state index contributed by atoms with van der Waals surface area (Å²) in [5.74, 6) is 0.480. The molecule has 0 aromatic carbocycles. The number of nitrogens with zero attached hydrogens (tertiary/aromatic N) is 5. The molecule has 0 aliphatic carbocycles. The van der Waals surface area contributed by atoms with Crippen LogP contribution in [0.1, 0.15) is 10.4 Å². The van der Waals surface area contributed by atoms with E-state index in [1.54, 1.807) is 7.11 Å². The number of aromatic nitrogens is 4. The Balaban J connectivity index is 1.48. The van der Waals surface area contributed by atoms with Gasteiger partial charge in [0.05, 0.1) is 18.1 Å². The quantitative estimate of drug-likeness (QED) is 0.673. The van der Waals surface area contributed by atoms with Gasteiger partial charge >= 0.3 is 6.01 Å². The molecule has 0 saturated carbocycles. The van der Waals surface area contributed by atoms with E-state index >= 15 is 0 Å². The zero-order chi connectivity index (χ0) is 18.8. The van der Waals surface area contributed by atoms with Crippen molar-refractivity contribution >= 4 is 29.2 Å². The largest absolute Gasteiger partial charge is 0.480 e. The molecule has 10 nitrogen and oxygen atoms in total. The van der Waals surface area contributed by atoms with Crippen molar-refractivity contribution < 1.29 is 18.7 Å². The van der Waals surface area contributed by atoms with Crippen molar-refractivity contribution in [1.82, 2.24) is 20.2 Å². The Kier molecular flexibility index (Phi) is 4.69. The van der Waals surface area contributed by atoms with Gasteiger partial charge in [0.2, 0.25) is 11.8 Å². The minimum Gasteiger partial charge on any atom is -0.480 e. The van der Waals surface area contributed by atoms with Gasteiger partial charge in [-0.2, -0.15) is 4.98 Å². The monoisotopic (exact) mass is 388 g/mol. The number of anilines is 2. The molecule has 1 N–H and O–H groups in total. The number of thiophene rings is 1. The van der Waals surface area contributed by atoms with Crippen LogP contribution in [0, 0.1) is 0 Å². The maximum absolute atomic E-state index is 12.5. The van der Waals surface area contributed by atoms with Crippen molar-refractivity contribution in [2.24, 2.45) is 0 Å². The molecule has 0 atom stereocenters. The molecule has 1 aliphatic heterocycles. The van der Waals surface area contributed by atoms with Crippen molar-refractivity contribution in [3.63, 3.8) is 0 Å². The summed E-state index contributed by atoms with van der Waals surface area (Å²) in [7, 11) is 3.11. The highest BCUT2D eigenvalue weighted by molar-refractivity contribution is 7.13. The number of amides is 1. The van der Waals surface area contributed by atoms with E-state index in [-0.39, 0.29) is 23.6 Å². The lowest BCUT2D eigenvalue weighted by Crippen LogP contribution is -2.52. The molecular weight excluding hydrogens is 372 g/mol. The van der Waals surface area contributed by atoms with Gasteiger partial charge in [-0.3, -0.25) is 10.1 Å². The summed E-state index contributed by atoms with van der Waals surface area (Å²) < 4.78 is 15.9. The first kappa shape index (κ1) is 17.4. The topological polar surface area (TPSA) is 116 Å². The van der Waals surface area contributed by atoms with Gasteiger partial charge in [-0.15, -0.1) is 16.4 Å². The average molecular weight is 388 g/mol. The van der Waals surface area contributed by atoms with Gasteiger partial charge in [0.1, 0.15) is 5.56 Å². The molecule has 3 aromatic heterocycles. The standard InChI is InChI=1S/C16H16N6O4S/c1-24-9-7-22(8-9)15-17-6-10(13(19-15)25-2)12(23)18-16-21-20-14(26-16)11-4-3-5-27-11/h3-6,9H,7-8H2,1-2H3,(H,18,21,23). The van der Waals surface area contributed by atoms with Crippen molar-refractivity contribution in [3.05, 3.63) is 29.3 Å². The summed E-state index contributed by atoms with van der Waals surface area (Å²) in [6, 6.07) is 3.71. The van der Waals surface area contributed by atoms with Gasteiger partial charge < -0.3 is 18.8 Å². The van der Waals surface area contributed by atoms with Crippen LogP contribution in [0.25, 0.3) is 10.8 Å². The Hall–Kier alpha value is -3.05.